The van der Waals surface area contributed by atoms with Gasteiger partial charge < -0.3 is 5.73 Å². The Kier molecular flexibility index (Phi) is 5.28. The highest BCUT2D eigenvalue weighted by atomic mass is 32.2. The van der Waals surface area contributed by atoms with Crippen molar-refractivity contribution in [1.29, 1.82) is 0 Å². The van der Waals surface area contributed by atoms with E-state index in [0.717, 1.165) is 23.5 Å². The van der Waals surface area contributed by atoms with Gasteiger partial charge in [0, 0.05) is 23.1 Å². The van der Waals surface area contributed by atoms with Gasteiger partial charge in [0.05, 0.1) is 4.92 Å². The first-order valence-electron chi connectivity index (χ1n) is 5.22. The number of rotatable bonds is 6. The van der Waals surface area contributed by atoms with E-state index in [1.54, 1.807) is 23.9 Å². The van der Waals surface area contributed by atoms with Gasteiger partial charge in [-0.2, -0.15) is 0 Å². The van der Waals surface area contributed by atoms with E-state index in [4.69, 9.17) is 5.73 Å². The van der Waals surface area contributed by atoms with Gasteiger partial charge in [0.25, 0.3) is 5.69 Å². The van der Waals surface area contributed by atoms with Crippen LogP contribution < -0.4 is 5.73 Å². The average Bonchev–Trinajstić information content (AvgIpc) is 2.25. The molecule has 1 aromatic carbocycles. The second-order valence-corrected chi connectivity index (χ2v) is 4.89. The Morgan fingerprint density at radius 2 is 2.06 bits per heavy atom. The van der Waals surface area contributed by atoms with Crippen LogP contribution in [0.4, 0.5) is 5.69 Å². The van der Waals surface area contributed by atoms with Crippen LogP contribution in [0, 0.1) is 10.1 Å². The van der Waals surface area contributed by atoms with Crippen LogP contribution >= 0.6 is 11.8 Å². The number of hydrogen-bond donors (Lipinski definition) is 1. The quantitative estimate of drug-likeness (QED) is 0.359. The van der Waals surface area contributed by atoms with Gasteiger partial charge in [0.2, 0.25) is 0 Å². The molecule has 0 amide bonds. The first-order chi connectivity index (χ1) is 7.59. The molecule has 0 saturated carbocycles. The summed E-state index contributed by atoms with van der Waals surface area (Å²) in [5.74, 6) is 0.999. The van der Waals surface area contributed by atoms with Crippen molar-refractivity contribution in [2.75, 3.05) is 5.75 Å². The lowest BCUT2D eigenvalue weighted by molar-refractivity contribution is -0.384. The van der Waals surface area contributed by atoms with Gasteiger partial charge >= 0.3 is 0 Å². The minimum atomic E-state index is -0.384. The van der Waals surface area contributed by atoms with Gasteiger partial charge in [-0.15, -0.1) is 11.8 Å². The summed E-state index contributed by atoms with van der Waals surface area (Å²) < 4.78 is 0. The molecule has 0 heterocycles. The molecular weight excluding hydrogens is 224 g/mol. The molecule has 1 aromatic rings. The van der Waals surface area contributed by atoms with Crippen LogP contribution in [0.2, 0.25) is 0 Å². The maximum absolute atomic E-state index is 10.4. The molecule has 0 saturated heterocycles. The summed E-state index contributed by atoms with van der Waals surface area (Å²) in [4.78, 5) is 11.1. The van der Waals surface area contributed by atoms with Crippen molar-refractivity contribution in [2.45, 2.75) is 30.7 Å². The number of non-ortho nitro benzene ring substituents is 1. The summed E-state index contributed by atoms with van der Waals surface area (Å²) in [6.07, 6.45) is 2.08. The minimum Gasteiger partial charge on any atom is -0.328 e. The van der Waals surface area contributed by atoms with E-state index in [2.05, 4.69) is 0 Å². The standard InChI is InChI=1S/C11H16N2O2S/c1-9(12)3-2-8-16-11-6-4-10(5-7-11)13(14)15/h4-7,9H,2-3,8,12H2,1H3. The maximum Gasteiger partial charge on any atom is 0.269 e. The largest absolute Gasteiger partial charge is 0.328 e. The number of nitrogens with zero attached hydrogens (tertiary/aromatic N) is 1. The Balaban J connectivity index is 2.35. The van der Waals surface area contributed by atoms with E-state index in [0.29, 0.717) is 0 Å². The van der Waals surface area contributed by atoms with Crippen LogP contribution in [-0.2, 0) is 0 Å². The van der Waals surface area contributed by atoms with Gasteiger partial charge in [0.1, 0.15) is 0 Å². The second-order valence-electron chi connectivity index (χ2n) is 3.72. The monoisotopic (exact) mass is 240 g/mol. The molecule has 4 nitrogen and oxygen atoms in total. The van der Waals surface area contributed by atoms with Crippen molar-refractivity contribution in [1.82, 2.24) is 0 Å². The molecule has 0 spiro atoms. The summed E-state index contributed by atoms with van der Waals surface area (Å²) in [6.45, 7) is 2.00. The van der Waals surface area contributed by atoms with E-state index in [1.807, 2.05) is 6.92 Å². The molecule has 16 heavy (non-hydrogen) atoms. The third-order valence-electron chi connectivity index (χ3n) is 2.12. The molecule has 0 radical (unpaired) electrons. The molecule has 0 aromatic heterocycles. The topological polar surface area (TPSA) is 69.2 Å². The fraction of sp³-hybridized carbons (Fsp3) is 0.455. The number of nitro benzene ring substituents is 1. The zero-order valence-corrected chi connectivity index (χ0v) is 10.1. The molecule has 2 N–H and O–H groups in total. The second kappa shape index (κ2) is 6.50. The third-order valence-corrected chi connectivity index (χ3v) is 3.22. The van der Waals surface area contributed by atoms with Crippen LogP contribution in [-0.4, -0.2) is 16.7 Å². The lowest BCUT2D eigenvalue weighted by Crippen LogP contribution is -2.14. The third kappa shape index (κ3) is 4.63. The highest BCUT2D eigenvalue weighted by Crippen LogP contribution is 2.22. The fourth-order valence-corrected chi connectivity index (χ4v) is 2.13. The van der Waals surface area contributed by atoms with E-state index in [-0.39, 0.29) is 16.7 Å². The predicted molar refractivity (Wildman–Crippen MR) is 66.7 cm³/mol. The Morgan fingerprint density at radius 3 is 2.56 bits per heavy atom. The summed E-state index contributed by atoms with van der Waals surface area (Å²) >= 11 is 1.70. The van der Waals surface area contributed by atoms with E-state index in [1.165, 1.54) is 12.1 Å². The molecule has 1 rings (SSSR count). The number of hydrogen-bond acceptors (Lipinski definition) is 4. The molecule has 0 bridgehead atoms. The van der Waals surface area contributed by atoms with Crippen LogP contribution in [0.15, 0.2) is 29.2 Å². The van der Waals surface area contributed by atoms with Gasteiger partial charge in [-0.1, -0.05) is 0 Å². The summed E-state index contributed by atoms with van der Waals surface area (Å²) in [7, 11) is 0. The number of benzene rings is 1. The summed E-state index contributed by atoms with van der Waals surface area (Å²) in [5.41, 5.74) is 5.78. The SMILES string of the molecule is CC(N)CCCSc1ccc([N+](=O)[O-])cc1. The predicted octanol–water partition coefficient (Wildman–Crippen LogP) is 2.81. The summed E-state index contributed by atoms with van der Waals surface area (Å²) in [6, 6.07) is 6.89. The smallest absolute Gasteiger partial charge is 0.269 e. The Hall–Kier alpha value is -1.07. The zero-order chi connectivity index (χ0) is 12.0. The lowest BCUT2D eigenvalue weighted by atomic mass is 10.2. The Bertz CT molecular complexity index is 338. The number of nitro groups is 1. The van der Waals surface area contributed by atoms with Crippen molar-refractivity contribution in [3.05, 3.63) is 34.4 Å². The van der Waals surface area contributed by atoms with Crippen molar-refractivity contribution in [3.8, 4) is 0 Å². The first kappa shape index (κ1) is 13.0. The van der Waals surface area contributed by atoms with Crippen LogP contribution in [0.1, 0.15) is 19.8 Å². The van der Waals surface area contributed by atoms with Crippen molar-refractivity contribution >= 4 is 17.4 Å². The van der Waals surface area contributed by atoms with Crippen LogP contribution in [0.5, 0.6) is 0 Å². The first-order valence-corrected chi connectivity index (χ1v) is 6.21. The molecule has 1 unspecified atom stereocenters. The van der Waals surface area contributed by atoms with Crippen molar-refractivity contribution in [3.63, 3.8) is 0 Å². The van der Waals surface area contributed by atoms with E-state index < -0.39 is 0 Å². The van der Waals surface area contributed by atoms with Gasteiger partial charge in [-0.05, 0) is 37.7 Å². The highest BCUT2D eigenvalue weighted by Gasteiger charge is 2.03. The number of thioether (sulfide) groups is 1. The normalized spacial score (nSPS) is 12.4. The van der Waals surface area contributed by atoms with Gasteiger partial charge in [-0.25, -0.2) is 0 Å². The lowest BCUT2D eigenvalue weighted by Gasteiger charge is -2.04. The van der Waals surface area contributed by atoms with Gasteiger partial charge in [-0.3, -0.25) is 10.1 Å². The Morgan fingerprint density at radius 1 is 1.44 bits per heavy atom. The van der Waals surface area contributed by atoms with Crippen molar-refractivity contribution in [2.24, 2.45) is 5.73 Å². The molecular formula is C11H16N2O2S. The maximum atomic E-state index is 10.4. The molecule has 5 heteroatoms. The van der Waals surface area contributed by atoms with Crippen molar-refractivity contribution < 1.29 is 4.92 Å². The minimum absolute atomic E-state index is 0.139. The summed E-state index contributed by atoms with van der Waals surface area (Å²) in [5, 5.41) is 10.4. The molecule has 0 aliphatic carbocycles. The molecule has 0 aliphatic heterocycles. The molecule has 0 fully saturated rings. The highest BCUT2D eigenvalue weighted by molar-refractivity contribution is 7.99. The fourth-order valence-electron chi connectivity index (χ4n) is 1.26. The van der Waals surface area contributed by atoms with E-state index in [9.17, 15) is 10.1 Å². The zero-order valence-electron chi connectivity index (χ0n) is 9.26. The van der Waals surface area contributed by atoms with E-state index >= 15 is 0 Å². The van der Waals surface area contributed by atoms with Crippen LogP contribution in [0.3, 0.4) is 0 Å². The molecule has 88 valence electrons. The molecule has 1 atom stereocenters. The molecule has 0 aliphatic rings. The van der Waals surface area contributed by atoms with Crippen LogP contribution in [0.25, 0.3) is 0 Å². The Labute approximate surface area is 99.4 Å². The average molecular weight is 240 g/mol. The number of nitrogens with two attached hydrogens (primary N) is 1. The van der Waals surface area contributed by atoms with Gasteiger partial charge in [0.15, 0.2) is 0 Å².